The Morgan fingerprint density at radius 2 is 1.89 bits per heavy atom. The van der Waals surface area contributed by atoms with Crippen LogP contribution < -0.4 is 0 Å². The van der Waals surface area contributed by atoms with Crippen molar-refractivity contribution in [2.45, 2.75) is 12.8 Å². The van der Waals surface area contributed by atoms with Crippen LogP contribution in [0.1, 0.15) is 11.1 Å². The Balaban J connectivity index is 2.48. The highest BCUT2D eigenvalue weighted by Gasteiger charge is 2.27. The molecule has 0 fully saturated rings. The third-order valence-corrected chi connectivity index (χ3v) is 1.93. The van der Waals surface area contributed by atoms with Crippen LogP contribution >= 0.6 is 0 Å². The molecule has 1 rings (SSSR count). The van der Waals surface area contributed by atoms with E-state index in [-0.39, 0.29) is 6.61 Å². The Hall–Kier alpha value is -1.82. The zero-order valence-electron chi connectivity index (χ0n) is 9.28. The van der Waals surface area contributed by atoms with Gasteiger partial charge in [0.1, 0.15) is 6.61 Å². The summed E-state index contributed by atoms with van der Waals surface area (Å²) in [5.41, 5.74) is 1.24. The molecule has 0 aliphatic carbocycles. The molecule has 18 heavy (non-hydrogen) atoms. The van der Waals surface area contributed by atoms with Gasteiger partial charge in [0, 0.05) is 6.08 Å². The van der Waals surface area contributed by atoms with E-state index >= 15 is 0 Å². The van der Waals surface area contributed by atoms with Crippen LogP contribution in [0.2, 0.25) is 0 Å². The number of carbonyl (C=O) groups is 1. The first kappa shape index (κ1) is 14.2. The number of hydrogen-bond acceptors (Lipinski definition) is 2. The van der Waals surface area contributed by atoms with E-state index in [0.29, 0.717) is 11.1 Å². The van der Waals surface area contributed by atoms with Crippen LogP contribution in [0.15, 0.2) is 30.3 Å². The minimum absolute atomic E-state index is 0.136. The van der Waals surface area contributed by atoms with E-state index in [4.69, 9.17) is 5.11 Å². The van der Waals surface area contributed by atoms with Crippen LogP contribution in [0.25, 0.3) is 6.08 Å². The lowest BCUT2D eigenvalue weighted by atomic mass is 10.1. The van der Waals surface area contributed by atoms with E-state index in [1.165, 1.54) is 6.08 Å². The summed E-state index contributed by atoms with van der Waals surface area (Å²) >= 11 is 0. The molecule has 0 bridgehead atoms. The van der Waals surface area contributed by atoms with Crippen molar-refractivity contribution in [3.05, 3.63) is 41.5 Å². The summed E-state index contributed by atoms with van der Waals surface area (Å²) in [5.74, 6) is -1.06. The van der Waals surface area contributed by atoms with Crippen molar-refractivity contribution in [3.8, 4) is 0 Å². The first-order chi connectivity index (χ1) is 8.37. The first-order valence-corrected chi connectivity index (χ1v) is 5.01. The van der Waals surface area contributed by atoms with Gasteiger partial charge in [-0.05, 0) is 17.2 Å². The minimum Gasteiger partial charge on any atom is -0.478 e. The van der Waals surface area contributed by atoms with Crippen molar-refractivity contribution in [2.75, 3.05) is 6.61 Å². The van der Waals surface area contributed by atoms with Crippen LogP contribution in [-0.2, 0) is 16.1 Å². The fraction of sp³-hybridized carbons (Fsp3) is 0.250. The molecule has 0 saturated heterocycles. The first-order valence-electron chi connectivity index (χ1n) is 5.01. The topological polar surface area (TPSA) is 46.5 Å². The maximum atomic E-state index is 11.8. The van der Waals surface area contributed by atoms with E-state index in [1.807, 2.05) is 0 Å². The fourth-order valence-electron chi connectivity index (χ4n) is 1.18. The van der Waals surface area contributed by atoms with Gasteiger partial charge >= 0.3 is 12.1 Å². The molecule has 98 valence electrons. The van der Waals surface area contributed by atoms with Gasteiger partial charge in [-0.1, -0.05) is 24.3 Å². The van der Waals surface area contributed by atoms with Crippen molar-refractivity contribution in [3.63, 3.8) is 0 Å². The molecule has 0 unspecified atom stereocenters. The number of halogens is 3. The molecule has 0 atom stereocenters. The number of aliphatic carboxylic acids is 1. The van der Waals surface area contributed by atoms with Crippen LogP contribution in [0.5, 0.6) is 0 Å². The molecular formula is C12H11F3O3. The predicted octanol–water partition coefficient (Wildman–Crippen LogP) is 2.86. The van der Waals surface area contributed by atoms with Crippen LogP contribution in [0.3, 0.4) is 0 Å². The van der Waals surface area contributed by atoms with Gasteiger partial charge in [0.25, 0.3) is 0 Å². The van der Waals surface area contributed by atoms with Crippen molar-refractivity contribution in [1.82, 2.24) is 0 Å². The predicted molar refractivity (Wildman–Crippen MR) is 58.8 cm³/mol. The lowest BCUT2D eigenvalue weighted by Gasteiger charge is -2.07. The number of hydrogen-bond donors (Lipinski definition) is 1. The molecule has 0 saturated carbocycles. The number of carboxylic acids is 1. The van der Waals surface area contributed by atoms with Crippen LogP contribution in [0.4, 0.5) is 13.2 Å². The van der Waals surface area contributed by atoms with Gasteiger partial charge in [0.15, 0.2) is 0 Å². The Bertz CT molecular complexity index is 421. The highest BCUT2D eigenvalue weighted by molar-refractivity contribution is 5.85. The second-order valence-electron chi connectivity index (χ2n) is 3.52. The lowest BCUT2D eigenvalue weighted by Crippen LogP contribution is -2.16. The SMILES string of the molecule is O=C(O)/C=C/c1ccc(COCC(F)(F)F)cc1. The molecule has 3 nitrogen and oxygen atoms in total. The van der Waals surface area contributed by atoms with E-state index in [0.717, 1.165) is 6.08 Å². The Morgan fingerprint density at radius 1 is 1.28 bits per heavy atom. The number of alkyl halides is 3. The zero-order valence-corrected chi connectivity index (χ0v) is 9.28. The molecule has 0 aliphatic rings. The van der Waals surface area contributed by atoms with Gasteiger partial charge in [-0.25, -0.2) is 4.79 Å². The fourth-order valence-corrected chi connectivity index (χ4v) is 1.18. The monoisotopic (exact) mass is 260 g/mol. The van der Waals surface area contributed by atoms with Gasteiger partial charge in [-0.2, -0.15) is 13.2 Å². The van der Waals surface area contributed by atoms with E-state index in [1.54, 1.807) is 24.3 Å². The van der Waals surface area contributed by atoms with Gasteiger partial charge in [0.2, 0.25) is 0 Å². The number of rotatable bonds is 5. The molecule has 1 aromatic carbocycles. The number of ether oxygens (including phenoxy) is 1. The van der Waals surface area contributed by atoms with Gasteiger partial charge in [-0.15, -0.1) is 0 Å². The molecule has 0 aliphatic heterocycles. The highest BCUT2D eigenvalue weighted by atomic mass is 19.4. The number of carboxylic acid groups (broad SMARTS) is 1. The zero-order chi connectivity index (χ0) is 13.6. The summed E-state index contributed by atoms with van der Waals surface area (Å²) in [6, 6.07) is 6.37. The largest absolute Gasteiger partial charge is 0.478 e. The average molecular weight is 260 g/mol. The minimum atomic E-state index is -4.33. The maximum Gasteiger partial charge on any atom is 0.411 e. The summed E-state index contributed by atoms with van der Waals surface area (Å²) in [6.45, 7) is -1.42. The molecule has 0 radical (unpaired) electrons. The standard InChI is InChI=1S/C12H11F3O3/c13-12(14,15)8-18-7-10-3-1-9(2-4-10)5-6-11(16)17/h1-6H,7-8H2,(H,16,17)/b6-5+. The molecule has 6 heteroatoms. The van der Waals surface area contributed by atoms with Crippen molar-refractivity contribution in [1.29, 1.82) is 0 Å². The Kier molecular flexibility index (Phi) is 4.91. The molecule has 1 N–H and O–H groups in total. The third-order valence-electron chi connectivity index (χ3n) is 1.93. The van der Waals surface area contributed by atoms with Crippen molar-refractivity contribution in [2.24, 2.45) is 0 Å². The van der Waals surface area contributed by atoms with Crippen LogP contribution in [-0.4, -0.2) is 23.9 Å². The quantitative estimate of drug-likeness (QED) is 0.828. The van der Waals surface area contributed by atoms with Crippen molar-refractivity contribution < 1.29 is 27.8 Å². The smallest absolute Gasteiger partial charge is 0.411 e. The Morgan fingerprint density at radius 3 is 2.39 bits per heavy atom. The number of benzene rings is 1. The lowest BCUT2D eigenvalue weighted by molar-refractivity contribution is -0.176. The average Bonchev–Trinajstić information content (AvgIpc) is 2.26. The van der Waals surface area contributed by atoms with Gasteiger partial charge in [-0.3, -0.25) is 0 Å². The second-order valence-corrected chi connectivity index (χ2v) is 3.52. The summed E-state index contributed by atoms with van der Waals surface area (Å²) in [4.78, 5) is 10.3. The summed E-state index contributed by atoms with van der Waals surface area (Å²) in [5, 5.41) is 8.41. The van der Waals surface area contributed by atoms with Gasteiger partial charge < -0.3 is 9.84 Å². The molecule has 0 aromatic heterocycles. The van der Waals surface area contributed by atoms with Gasteiger partial charge in [0.05, 0.1) is 6.61 Å². The van der Waals surface area contributed by atoms with E-state index < -0.39 is 18.8 Å². The Labute approximate surface area is 101 Å². The molecule has 0 heterocycles. The van der Waals surface area contributed by atoms with E-state index in [9.17, 15) is 18.0 Å². The molecular weight excluding hydrogens is 249 g/mol. The van der Waals surface area contributed by atoms with Crippen LogP contribution in [0, 0.1) is 0 Å². The second kappa shape index (κ2) is 6.20. The molecule has 1 aromatic rings. The normalized spacial score (nSPS) is 11.9. The summed E-state index contributed by atoms with van der Waals surface area (Å²) in [7, 11) is 0. The summed E-state index contributed by atoms with van der Waals surface area (Å²) < 4.78 is 39.9. The third kappa shape index (κ3) is 6.05. The van der Waals surface area contributed by atoms with E-state index in [2.05, 4.69) is 4.74 Å². The maximum absolute atomic E-state index is 11.8. The molecule has 0 spiro atoms. The highest BCUT2D eigenvalue weighted by Crippen LogP contribution is 2.16. The summed E-state index contributed by atoms with van der Waals surface area (Å²) in [6.07, 6.45) is -1.96. The molecule has 0 amide bonds. The van der Waals surface area contributed by atoms with Crippen molar-refractivity contribution >= 4 is 12.0 Å².